The van der Waals surface area contributed by atoms with Crippen molar-refractivity contribution in [2.75, 3.05) is 0 Å². The number of phenols is 2. The molecular weight excluding hydrogens is 396 g/mol. The van der Waals surface area contributed by atoms with Crippen molar-refractivity contribution in [1.82, 2.24) is 0 Å². The first-order valence-electron chi connectivity index (χ1n) is 10.7. The van der Waals surface area contributed by atoms with Gasteiger partial charge in [0, 0.05) is 0 Å². The van der Waals surface area contributed by atoms with Crippen LogP contribution >= 0.6 is 0 Å². The fourth-order valence-electron chi connectivity index (χ4n) is 3.79. The van der Waals surface area contributed by atoms with E-state index in [1.807, 2.05) is 66.7 Å². The van der Waals surface area contributed by atoms with Crippen molar-refractivity contribution >= 4 is 11.1 Å². The van der Waals surface area contributed by atoms with Crippen LogP contribution in [-0.4, -0.2) is 10.2 Å². The van der Waals surface area contributed by atoms with Crippen molar-refractivity contribution < 1.29 is 14.9 Å². The lowest BCUT2D eigenvalue weighted by Crippen LogP contribution is -1.97. The van der Waals surface area contributed by atoms with E-state index in [2.05, 4.69) is 19.1 Å². The molecule has 0 aliphatic rings. The molecule has 3 heteroatoms. The van der Waals surface area contributed by atoms with E-state index in [-0.39, 0.29) is 11.5 Å². The molecule has 0 aliphatic carbocycles. The third-order valence-electron chi connectivity index (χ3n) is 5.42. The SMILES string of the molecule is CCC(=C(c1ccc(O)cc1)c1ccc(O)cc1)c1ccc(OCc2ccccc2)cc1. The number of hydrogen-bond acceptors (Lipinski definition) is 3. The number of rotatable bonds is 7. The van der Waals surface area contributed by atoms with Crippen molar-refractivity contribution in [3.8, 4) is 17.2 Å². The molecule has 0 bridgehead atoms. The highest BCUT2D eigenvalue weighted by Crippen LogP contribution is 2.36. The molecule has 0 atom stereocenters. The highest BCUT2D eigenvalue weighted by Gasteiger charge is 2.13. The van der Waals surface area contributed by atoms with Gasteiger partial charge in [0.15, 0.2) is 0 Å². The third-order valence-corrected chi connectivity index (χ3v) is 5.42. The average Bonchev–Trinajstić information content (AvgIpc) is 2.84. The summed E-state index contributed by atoms with van der Waals surface area (Å²) in [5, 5.41) is 19.5. The molecule has 32 heavy (non-hydrogen) atoms. The first-order valence-corrected chi connectivity index (χ1v) is 10.7. The highest BCUT2D eigenvalue weighted by molar-refractivity contribution is 5.98. The van der Waals surface area contributed by atoms with Gasteiger partial charge in [-0.2, -0.15) is 0 Å². The monoisotopic (exact) mass is 422 g/mol. The van der Waals surface area contributed by atoms with Gasteiger partial charge in [-0.25, -0.2) is 0 Å². The second kappa shape index (κ2) is 9.88. The molecule has 0 spiro atoms. The number of phenolic OH excluding ortho intramolecular Hbond substituents is 2. The minimum absolute atomic E-state index is 0.233. The Morgan fingerprint density at radius 2 is 1.12 bits per heavy atom. The van der Waals surface area contributed by atoms with Gasteiger partial charge < -0.3 is 14.9 Å². The Balaban J connectivity index is 1.70. The molecule has 0 aromatic heterocycles. The molecule has 0 radical (unpaired) electrons. The predicted octanol–water partition coefficient (Wildman–Crippen LogP) is 7.05. The van der Waals surface area contributed by atoms with Gasteiger partial charge in [0.2, 0.25) is 0 Å². The molecule has 4 rings (SSSR count). The Kier molecular flexibility index (Phi) is 6.57. The molecular formula is C29H26O3. The number of benzene rings is 4. The van der Waals surface area contributed by atoms with Crippen LogP contribution in [0.1, 0.15) is 35.6 Å². The van der Waals surface area contributed by atoms with E-state index in [1.54, 1.807) is 24.3 Å². The van der Waals surface area contributed by atoms with Crippen molar-refractivity contribution in [3.05, 3.63) is 125 Å². The van der Waals surface area contributed by atoms with Crippen LogP contribution in [0.15, 0.2) is 103 Å². The average molecular weight is 423 g/mol. The first-order chi connectivity index (χ1) is 15.6. The van der Waals surface area contributed by atoms with Crippen LogP contribution in [-0.2, 0) is 6.61 Å². The molecule has 3 nitrogen and oxygen atoms in total. The van der Waals surface area contributed by atoms with Crippen molar-refractivity contribution in [2.24, 2.45) is 0 Å². The topological polar surface area (TPSA) is 49.7 Å². The summed E-state index contributed by atoms with van der Waals surface area (Å²) in [5.74, 6) is 1.29. The van der Waals surface area contributed by atoms with E-state index in [9.17, 15) is 10.2 Å². The fraction of sp³-hybridized carbons (Fsp3) is 0.103. The summed E-state index contributed by atoms with van der Waals surface area (Å²) in [4.78, 5) is 0. The minimum Gasteiger partial charge on any atom is -0.508 e. The second-order valence-electron chi connectivity index (χ2n) is 7.60. The largest absolute Gasteiger partial charge is 0.508 e. The number of ether oxygens (including phenoxy) is 1. The standard InChI is InChI=1S/C29H26O3/c1-2-28(22-12-18-27(19-13-22)32-20-21-6-4-3-5-7-21)29(23-8-14-25(30)15-9-23)24-10-16-26(31)17-11-24/h3-19,30-31H,2,20H2,1H3. The van der Waals surface area contributed by atoms with Gasteiger partial charge in [-0.3, -0.25) is 0 Å². The Hall–Kier alpha value is -3.98. The molecule has 4 aromatic rings. The normalized spacial score (nSPS) is 10.5. The van der Waals surface area contributed by atoms with Crippen LogP contribution in [0.4, 0.5) is 0 Å². The number of hydrogen-bond donors (Lipinski definition) is 2. The van der Waals surface area contributed by atoms with Crippen LogP contribution in [0.5, 0.6) is 17.2 Å². The van der Waals surface area contributed by atoms with Gasteiger partial charge in [-0.1, -0.05) is 73.7 Å². The maximum absolute atomic E-state index is 9.76. The van der Waals surface area contributed by atoms with E-state index in [1.165, 1.54) is 5.57 Å². The maximum Gasteiger partial charge on any atom is 0.119 e. The summed E-state index contributed by atoms with van der Waals surface area (Å²) in [6, 6.07) is 32.8. The van der Waals surface area contributed by atoms with Gasteiger partial charge in [0.1, 0.15) is 23.9 Å². The minimum atomic E-state index is 0.233. The van der Waals surface area contributed by atoms with Gasteiger partial charge in [0.05, 0.1) is 0 Å². The maximum atomic E-state index is 9.76. The summed E-state index contributed by atoms with van der Waals surface area (Å²) in [6.45, 7) is 2.67. The quantitative estimate of drug-likeness (QED) is 0.314. The lowest BCUT2D eigenvalue weighted by Gasteiger charge is -2.17. The molecule has 160 valence electrons. The van der Waals surface area contributed by atoms with Crippen LogP contribution in [0.25, 0.3) is 11.1 Å². The zero-order valence-electron chi connectivity index (χ0n) is 18.0. The van der Waals surface area contributed by atoms with Crippen LogP contribution in [0.2, 0.25) is 0 Å². The Morgan fingerprint density at radius 1 is 0.625 bits per heavy atom. The Bertz CT molecular complexity index is 1130. The van der Waals surface area contributed by atoms with Crippen molar-refractivity contribution in [3.63, 3.8) is 0 Å². The van der Waals surface area contributed by atoms with Crippen LogP contribution < -0.4 is 4.74 Å². The Morgan fingerprint density at radius 3 is 1.62 bits per heavy atom. The summed E-state index contributed by atoms with van der Waals surface area (Å²) in [6.07, 6.45) is 0.821. The van der Waals surface area contributed by atoms with Gasteiger partial charge in [0.25, 0.3) is 0 Å². The number of aromatic hydroxyl groups is 2. The van der Waals surface area contributed by atoms with E-state index in [0.717, 1.165) is 40.0 Å². The van der Waals surface area contributed by atoms with E-state index >= 15 is 0 Å². The molecule has 0 heterocycles. The molecule has 4 aromatic carbocycles. The molecule has 0 saturated heterocycles. The van der Waals surface area contributed by atoms with E-state index in [4.69, 9.17) is 4.74 Å². The lowest BCUT2D eigenvalue weighted by atomic mass is 9.88. The van der Waals surface area contributed by atoms with Gasteiger partial charge >= 0.3 is 0 Å². The van der Waals surface area contributed by atoms with E-state index in [0.29, 0.717) is 6.61 Å². The van der Waals surface area contributed by atoms with Gasteiger partial charge in [-0.15, -0.1) is 0 Å². The summed E-state index contributed by atoms with van der Waals surface area (Å²) >= 11 is 0. The number of allylic oxidation sites excluding steroid dienone is 1. The smallest absolute Gasteiger partial charge is 0.119 e. The van der Waals surface area contributed by atoms with Crippen LogP contribution in [0.3, 0.4) is 0 Å². The molecule has 0 unspecified atom stereocenters. The zero-order chi connectivity index (χ0) is 22.3. The van der Waals surface area contributed by atoms with Gasteiger partial charge in [-0.05, 0) is 76.2 Å². The zero-order valence-corrected chi connectivity index (χ0v) is 18.0. The second-order valence-corrected chi connectivity index (χ2v) is 7.60. The van der Waals surface area contributed by atoms with Crippen molar-refractivity contribution in [2.45, 2.75) is 20.0 Å². The molecule has 0 amide bonds. The van der Waals surface area contributed by atoms with E-state index < -0.39 is 0 Å². The van der Waals surface area contributed by atoms with Crippen LogP contribution in [0, 0.1) is 0 Å². The first kappa shape index (κ1) is 21.3. The fourth-order valence-corrected chi connectivity index (χ4v) is 3.79. The highest BCUT2D eigenvalue weighted by atomic mass is 16.5. The molecule has 0 aliphatic heterocycles. The molecule has 2 N–H and O–H groups in total. The molecule has 0 fully saturated rings. The summed E-state index contributed by atoms with van der Waals surface area (Å²) in [7, 11) is 0. The summed E-state index contributed by atoms with van der Waals surface area (Å²) in [5.41, 5.74) is 6.51. The predicted molar refractivity (Wildman–Crippen MR) is 130 cm³/mol. The molecule has 0 saturated carbocycles. The Labute approximate surface area is 188 Å². The lowest BCUT2D eigenvalue weighted by molar-refractivity contribution is 0.306. The van der Waals surface area contributed by atoms with Crippen molar-refractivity contribution in [1.29, 1.82) is 0 Å². The summed E-state index contributed by atoms with van der Waals surface area (Å²) < 4.78 is 5.94. The third kappa shape index (κ3) is 5.01.